The molecule has 1 aliphatic rings. The third kappa shape index (κ3) is 5.79. The number of aliphatic hydroxyl groups is 1. The molecule has 3 rings (SSSR count). The molecule has 2 aromatic carbocycles. The minimum absolute atomic E-state index is 0.101. The molecule has 1 aliphatic heterocycles. The van der Waals surface area contributed by atoms with Gasteiger partial charge in [-0.25, -0.2) is 4.79 Å². The highest BCUT2D eigenvalue weighted by Gasteiger charge is 2.51. The number of ketones is 1. The van der Waals surface area contributed by atoms with Crippen LogP contribution in [0.4, 0.5) is 4.79 Å². The van der Waals surface area contributed by atoms with Gasteiger partial charge >= 0.3 is 12.1 Å². The number of hydrogen-bond acceptors (Lipinski definition) is 6. The lowest BCUT2D eigenvalue weighted by Gasteiger charge is -2.37. The Balaban J connectivity index is 1.87. The first kappa shape index (κ1) is 24.5. The van der Waals surface area contributed by atoms with E-state index in [1.165, 1.54) is 18.9 Å². The molecule has 0 aromatic heterocycles. The molecular formula is C26H31NO6. The first-order chi connectivity index (χ1) is 15.9. The summed E-state index contributed by atoms with van der Waals surface area (Å²) in [7, 11) is 1.23. The molecule has 0 saturated carbocycles. The summed E-state index contributed by atoms with van der Waals surface area (Å²) >= 11 is 0. The van der Waals surface area contributed by atoms with Gasteiger partial charge in [-0.2, -0.15) is 0 Å². The molecule has 176 valence electrons. The summed E-state index contributed by atoms with van der Waals surface area (Å²) in [5.74, 6) is -1.93. The number of methoxy groups -OCH3 is 1. The van der Waals surface area contributed by atoms with E-state index in [-0.39, 0.29) is 18.8 Å². The van der Waals surface area contributed by atoms with Gasteiger partial charge in [-0.05, 0) is 30.9 Å². The van der Waals surface area contributed by atoms with Crippen LogP contribution in [0.1, 0.15) is 37.3 Å². The van der Waals surface area contributed by atoms with E-state index in [1.54, 1.807) is 0 Å². The van der Waals surface area contributed by atoms with Crippen LogP contribution in [-0.4, -0.2) is 53.1 Å². The summed E-state index contributed by atoms with van der Waals surface area (Å²) in [6.07, 6.45) is -0.450. The highest BCUT2D eigenvalue weighted by Crippen LogP contribution is 2.37. The first-order valence-corrected chi connectivity index (χ1v) is 11.2. The zero-order valence-electron chi connectivity index (χ0n) is 19.1. The van der Waals surface area contributed by atoms with E-state index in [2.05, 4.69) is 0 Å². The summed E-state index contributed by atoms with van der Waals surface area (Å²) in [6, 6.07) is 18.8. The van der Waals surface area contributed by atoms with E-state index in [0.717, 1.165) is 11.1 Å². The molecule has 1 saturated heterocycles. The molecule has 1 unspecified atom stereocenters. The van der Waals surface area contributed by atoms with Gasteiger partial charge in [0.25, 0.3) is 0 Å². The highest BCUT2D eigenvalue weighted by molar-refractivity contribution is 5.95. The number of ether oxygens (including phenoxy) is 2. The summed E-state index contributed by atoms with van der Waals surface area (Å²) in [6.45, 7) is 1.94. The van der Waals surface area contributed by atoms with Crippen molar-refractivity contribution < 1.29 is 29.0 Å². The van der Waals surface area contributed by atoms with Gasteiger partial charge in [-0.1, -0.05) is 60.7 Å². The predicted octanol–water partition coefficient (Wildman–Crippen LogP) is 3.53. The maximum Gasteiger partial charge on any atom is 0.410 e. The molecular weight excluding hydrogens is 422 g/mol. The Hall–Kier alpha value is -3.19. The van der Waals surface area contributed by atoms with E-state index in [9.17, 15) is 19.5 Å². The predicted molar refractivity (Wildman–Crippen MR) is 122 cm³/mol. The Morgan fingerprint density at radius 1 is 1.03 bits per heavy atom. The molecule has 7 nitrogen and oxygen atoms in total. The van der Waals surface area contributed by atoms with Crippen LogP contribution in [0.5, 0.6) is 0 Å². The molecule has 0 radical (unpaired) electrons. The number of Topliss-reactive ketones (excluding diaryl/α,β-unsaturated/α-hetero) is 1. The minimum atomic E-state index is -1.16. The second-order valence-corrected chi connectivity index (χ2v) is 8.49. The minimum Gasteiger partial charge on any atom is -0.469 e. The number of hydrogen-bond donors (Lipinski definition) is 1. The monoisotopic (exact) mass is 453 g/mol. The molecule has 3 atom stereocenters. The zero-order valence-corrected chi connectivity index (χ0v) is 19.1. The molecule has 33 heavy (non-hydrogen) atoms. The van der Waals surface area contributed by atoms with Crippen molar-refractivity contribution >= 4 is 17.8 Å². The van der Waals surface area contributed by atoms with Crippen molar-refractivity contribution in [2.75, 3.05) is 13.7 Å². The molecule has 2 aromatic rings. The van der Waals surface area contributed by atoms with Crippen molar-refractivity contribution in [1.82, 2.24) is 4.90 Å². The zero-order chi connectivity index (χ0) is 23.8. The molecule has 0 spiro atoms. The van der Waals surface area contributed by atoms with Crippen LogP contribution in [0, 0.1) is 5.92 Å². The van der Waals surface area contributed by atoms with E-state index in [1.807, 2.05) is 60.7 Å². The van der Waals surface area contributed by atoms with Crippen LogP contribution in [-0.2, 0) is 32.1 Å². The number of carbonyl (C=O) groups is 3. The molecule has 1 fully saturated rings. The van der Waals surface area contributed by atoms with Gasteiger partial charge in [0, 0.05) is 19.4 Å². The summed E-state index contributed by atoms with van der Waals surface area (Å²) in [5, 5.41) is 10.1. The molecule has 1 amide bonds. The van der Waals surface area contributed by atoms with Crippen molar-refractivity contribution in [2.24, 2.45) is 5.92 Å². The molecule has 7 heteroatoms. The van der Waals surface area contributed by atoms with Crippen LogP contribution >= 0.6 is 0 Å². The second-order valence-electron chi connectivity index (χ2n) is 8.49. The summed E-state index contributed by atoms with van der Waals surface area (Å²) < 4.78 is 10.4. The van der Waals surface area contributed by atoms with Gasteiger partial charge in [0.2, 0.25) is 0 Å². The number of aliphatic hydroxyl groups excluding tert-OH is 1. The number of rotatable bonds is 9. The van der Waals surface area contributed by atoms with Gasteiger partial charge < -0.3 is 14.6 Å². The average molecular weight is 454 g/mol. The molecule has 0 bridgehead atoms. The fourth-order valence-electron chi connectivity index (χ4n) is 4.44. The van der Waals surface area contributed by atoms with Gasteiger partial charge in [-0.3, -0.25) is 14.5 Å². The lowest BCUT2D eigenvalue weighted by atomic mass is 9.79. The van der Waals surface area contributed by atoms with Crippen LogP contribution in [0.15, 0.2) is 60.7 Å². The second kappa shape index (κ2) is 11.1. The Labute approximate surface area is 194 Å². The van der Waals surface area contributed by atoms with Crippen molar-refractivity contribution in [3.63, 3.8) is 0 Å². The molecule has 1 N–H and O–H groups in total. The largest absolute Gasteiger partial charge is 0.469 e. The third-order valence-corrected chi connectivity index (χ3v) is 6.26. The van der Waals surface area contributed by atoms with Crippen LogP contribution in [0.25, 0.3) is 0 Å². The first-order valence-electron chi connectivity index (χ1n) is 11.2. The lowest BCUT2D eigenvalue weighted by molar-refractivity contribution is -0.152. The van der Waals surface area contributed by atoms with Crippen molar-refractivity contribution in [1.29, 1.82) is 0 Å². The van der Waals surface area contributed by atoms with E-state index >= 15 is 0 Å². The number of esters is 1. The maximum atomic E-state index is 13.7. The number of likely N-dealkylation sites (tertiary alicyclic amines) is 1. The number of carbonyl (C=O) groups excluding carboxylic acids is 3. The fraction of sp³-hybridized carbons (Fsp3) is 0.423. The molecule has 0 aliphatic carbocycles. The van der Waals surface area contributed by atoms with Crippen LogP contribution in [0.2, 0.25) is 0 Å². The van der Waals surface area contributed by atoms with Crippen LogP contribution in [0.3, 0.4) is 0 Å². The van der Waals surface area contributed by atoms with Gasteiger partial charge in [0.1, 0.15) is 12.1 Å². The smallest absolute Gasteiger partial charge is 0.410 e. The lowest BCUT2D eigenvalue weighted by Crippen LogP contribution is -2.55. The Morgan fingerprint density at radius 2 is 1.64 bits per heavy atom. The topological polar surface area (TPSA) is 93.1 Å². The summed E-state index contributed by atoms with van der Waals surface area (Å²) in [4.78, 5) is 40.6. The van der Waals surface area contributed by atoms with Crippen molar-refractivity contribution in [3.05, 3.63) is 71.8 Å². The Morgan fingerprint density at radius 3 is 2.21 bits per heavy atom. The van der Waals surface area contributed by atoms with Crippen LogP contribution < -0.4 is 0 Å². The normalized spacial score (nSPS) is 19.5. The maximum absolute atomic E-state index is 13.7. The summed E-state index contributed by atoms with van der Waals surface area (Å²) in [5.41, 5.74) is 0.598. The Kier molecular flexibility index (Phi) is 8.22. The Bertz CT molecular complexity index is 946. The van der Waals surface area contributed by atoms with Gasteiger partial charge in [0.05, 0.1) is 19.1 Å². The van der Waals surface area contributed by atoms with Gasteiger partial charge in [0.15, 0.2) is 5.78 Å². The van der Waals surface area contributed by atoms with Crippen molar-refractivity contribution in [2.45, 2.75) is 50.9 Å². The van der Waals surface area contributed by atoms with E-state index in [4.69, 9.17) is 9.47 Å². The standard InChI is InChI=1S/C26H31NO6/c1-19(28)22(24(30)32-2)16-23(29)26(17-20-10-5-3-6-11-20)14-9-15-27(26)25(31)33-18-21-12-7-4-8-13-21/h3-8,10-13,19,22,28H,9,14-18H2,1-2H3/t19-,22+,26?/m0/s1. The number of nitrogens with zero attached hydrogens (tertiary/aromatic N) is 1. The fourth-order valence-corrected chi connectivity index (χ4v) is 4.44. The van der Waals surface area contributed by atoms with Gasteiger partial charge in [-0.15, -0.1) is 0 Å². The highest BCUT2D eigenvalue weighted by atomic mass is 16.6. The van der Waals surface area contributed by atoms with Crippen molar-refractivity contribution in [3.8, 4) is 0 Å². The molecule has 1 heterocycles. The van der Waals surface area contributed by atoms with E-state index < -0.39 is 29.6 Å². The number of amides is 1. The SMILES string of the molecule is COC(=O)[C@H](CC(=O)C1(Cc2ccccc2)CCCN1C(=O)OCc1ccccc1)[C@H](C)O. The van der Waals surface area contributed by atoms with E-state index in [0.29, 0.717) is 25.8 Å². The quantitative estimate of drug-likeness (QED) is 0.584. The number of benzene rings is 2. The third-order valence-electron chi connectivity index (χ3n) is 6.26. The average Bonchev–Trinajstić information content (AvgIpc) is 3.26.